The Bertz CT molecular complexity index is 6390. The summed E-state index contributed by atoms with van der Waals surface area (Å²) in [6, 6.07) is 35.4. The van der Waals surface area contributed by atoms with Crippen LogP contribution in [0.25, 0.3) is 49.7 Å². The molecule has 8 saturated carbocycles. The summed E-state index contributed by atoms with van der Waals surface area (Å²) in [5.74, 6) is 3.55. The van der Waals surface area contributed by atoms with E-state index in [1.807, 2.05) is 99.0 Å². The van der Waals surface area contributed by atoms with Crippen LogP contribution in [-0.4, -0.2) is 109 Å². The molecule has 0 radical (unpaired) electrons. The number of hydrogen-bond acceptors (Lipinski definition) is 15. The number of rotatable bonds is 19. The Hall–Kier alpha value is -9.83. The fourth-order valence-corrected chi connectivity index (χ4v) is 22.2. The quantitative estimate of drug-likeness (QED) is 0.0293. The van der Waals surface area contributed by atoms with Crippen LogP contribution in [0.15, 0.2) is 203 Å². The Morgan fingerprint density at radius 2 is 0.659 bits per heavy atom. The summed E-state index contributed by atoms with van der Waals surface area (Å²) in [4.78, 5) is 28.7. The van der Waals surface area contributed by atoms with Crippen molar-refractivity contribution in [1.82, 2.24) is 65.7 Å². The van der Waals surface area contributed by atoms with Crippen molar-refractivity contribution in [1.29, 1.82) is 0 Å². The average molecular weight is 1980 g/mol. The molecular weight excluding hydrogens is 1860 g/mol. The maximum absolute atomic E-state index is 13.2. The number of aliphatic hydroxyl groups excluding tert-OH is 7. The van der Waals surface area contributed by atoms with Gasteiger partial charge in [-0.1, -0.05) is 157 Å². The molecule has 0 aliphatic heterocycles. The zero-order valence-corrected chi connectivity index (χ0v) is 79.1. The van der Waals surface area contributed by atoms with Crippen molar-refractivity contribution in [3.63, 3.8) is 0 Å². The molecule has 0 bridgehead atoms. The molecule has 7 N–H and O–H groups in total. The number of nitrogens with zero attached hydrogens (tertiary/aromatic N) is 14. The first-order valence-electron chi connectivity index (χ1n) is 48.4. The van der Waals surface area contributed by atoms with Gasteiger partial charge < -0.3 is 44.9 Å². The van der Waals surface area contributed by atoms with E-state index in [-0.39, 0.29) is 35.4 Å². The molecule has 0 spiro atoms. The van der Waals surface area contributed by atoms with E-state index < -0.39 is 54.0 Å². The second-order valence-electron chi connectivity index (χ2n) is 38.1. The second kappa shape index (κ2) is 43.9. The van der Waals surface area contributed by atoms with Crippen LogP contribution < -0.4 is 4.74 Å². The van der Waals surface area contributed by atoms with E-state index in [0.29, 0.717) is 45.6 Å². The van der Waals surface area contributed by atoms with Crippen LogP contribution in [0.1, 0.15) is 311 Å². The smallest absolute Gasteiger partial charge is 0.418 e. The molecule has 8 fully saturated rings. The molecule has 7 atom stereocenters. The lowest BCUT2D eigenvalue weighted by molar-refractivity contribution is -0.140. The van der Waals surface area contributed by atoms with E-state index in [2.05, 4.69) is 103 Å². The number of halogens is 8. The standard InChI is InChI=1S/C20H22N2O.C17H22N2O.C16H21ClN2O.C15H20N2O2.C14H15F3N2O.C12H11F3N2O.C11H11IN2O/c23-20(16-9-5-2-6-10-16)19-18(15-7-3-1-4-8-15)12-11-17-13-21-14-22(17)19;20-17(13-4-2-1-3-5-13)16-15(12-6-7-12)9-8-14-10-18-11-19(14)16;17-14-8-7-13-10-18-11-19(13)16(14)15(20)9-6-12-4-2-1-3-5-12;1-19-13-8-7-12-9-16-10-17(12)14(13)15(18)11-5-3-2-4-6-11;15-14(16,17)11-6-5-10-7-18-8-19(10)12(11)13(20)9-3-1-2-4-9;13-12(14,15)9-4-3-8-5-16-6-17(8)10(9)11(18)7-1-2-7;12-9-4-3-8-5-13-6-14(8)10(9)11(15)7-1-2-7/h1,3-4,7-8,11-14,16,20,23H,2,5-6,9-10H2;8-13,17,20H,1-7H2;7-8,10-12,15,20H,1-6,9H2;7-11,15,18H,2-6H2,1H3;5-9,13,20H,1-4H2;3-7,11,18H,1-2H2;3-7,11,15H,1-2H2. The molecule has 23 rings (SSSR count). The number of hydrogen-bond donors (Lipinski definition) is 7. The minimum atomic E-state index is -4.48. The Balaban J connectivity index is 0.000000110. The Labute approximate surface area is 800 Å². The summed E-state index contributed by atoms with van der Waals surface area (Å²) < 4.78 is 97.7. The number of ether oxygens (including phenoxy) is 1. The molecule has 8 aliphatic carbocycles. The van der Waals surface area contributed by atoms with Crippen molar-refractivity contribution >= 4 is 72.8 Å². The second-order valence-corrected chi connectivity index (χ2v) is 39.7. The Morgan fingerprint density at radius 3 is 1.07 bits per heavy atom. The van der Waals surface area contributed by atoms with Gasteiger partial charge >= 0.3 is 12.4 Å². The van der Waals surface area contributed by atoms with E-state index in [1.165, 1.54) is 154 Å². The summed E-state index contributed by atoms with van der Waals surface area (Å²) in [6.07, 6.45) is 46.9. The number of imidazole rings is 7. The molecule has 7 unspecified atom stereocenters. The molecule has 22 nitrogen and oxygen atoms in total. The zero-order valence-electron chi connectivity index (χ0n) is 76.2. The number of methoxy groups -OCH3 is 1. The first-order chi connectivity index (χ1) is 65.5. The highest BCUT2D eigenvalue weighted by Gasteiger charge is 2.43. The molecule has 15 aromatic rings. The molecule has 0 amide bonds. The lowest BCUT2D eigenvalue weighted by Crippen LogP contribution is -2.20. The van der Waals surface area contributed by atoms with Crippen LogP contribution in [0.4, 0.5) is 26.3 Å². The highest BCUT2D eigenvalue weighted by atomic mass is 127. The molecule has 14 heterocycles. The summed E-state index contributed by atoms with van der Waals surface area (Å²) >= 11 is 8.54. The van der Waals surface area contributed by atoms with E-state index in [9.17, 15) is 62.1 Å². The van der Waals surface area contributed by atoms with Gasteiger partial charge in [0, 0.05) is 9.13 Å². The van der Waals surface area contributed by atoms with Gasteiger partial charge in [0.15, 0.2) is 0 Å². The molecule has 1 aromatic carbocycles. The van der Waals surface area contributed by atoms with Crippen LogP contribution in [0.2, 0.25) is 5.02 Å². The molecule has 716 valence electrons. The fraction of sp³-hybridized carbons (Fsp3) is 0.476. The third kappa shape index (κ3) is 22.6. The third-order valence-electron chi connectivity index (χ3n) is 29.0. The monoisotopic (exact) mass is 1980 g/mol. The van der Waals surface area contributed by atoms with Crippen LogP contribution >= 0.6 is 34.2 Å². The number of fused-ring (bicyclic) bond motifs is 7. The normalized spacial score (nSPS) is 18.9. The maximum atomic E-state index is 13.2. The van der Waals surface area contributed by atoms with Gasteiger partial charge in [-0.3, -0.25) is 26.4 Å². The SMILES string of the molecule is COc1ccc2cncn2c1C(O)C1CCCCC1.OC(CCC1CCCCC1)c1c(Cl)ccc2cncn12.OC(c1c(-c2ccccc2)ccc2cncn12)C1CCCCC1.OC(c1c(C(F)(F)F)ccc2cncn12)C1CC1.OC(c1c(C(F)(F)F)ccc2cncn12)C1CCCC1.OC(c1c(C2CC2)ccc2cncn12)C1CCCCC1.OC(c1c(I)ccc2cncn12)C1CC1. The van der Waals surface area contributed by atoms with Crippen molar-refractivity contribution in [3.05, 3.63) is 268 Å². The van der Waals surface area contributed by atoms with Crippen LogP contribution in [0, 0.1) is 45.0 Å². The molecule has 0 saturated heterocycles. The highest BCUT2D eigenvalue weighted by molar-refractivity contribution is 14.1. The van der Waals surface area contributed by atoms with Crippen LogP contribution in [-0.2, 0) is 12.4 Å². The topological polar surface area (TPSA) is 272 Å². The summed E-state index contributed by atoms with van der Waals surface area (Å²) in [7, 11) is 1.65. The highest BCUT2D eigenvalue weighted by Crippen LogP contribution is 2.50. The van der Waals surface area contributed by atoms with Gasteiger partial charge in [0.1, 0.15) is 11.9 Å². The van der Waals surface area contributed by atoms with E-state index >= 15 is 0 Å². The molecule has 135 heavy (non-hydrogen) atoms. The average Bonchev–Trinajstić information content (AvgIpc) is 1.75. The predicted octanol–water partition coefficient (Wildman–Crippen LogP) is 24.5. The van der Waals surface area contributed by atoms with E-state index in [1.54, 1.807) is 38.5 Å². The zero-order chi connectivity index (χ0) is 94.0. The summed E-state index contributed by atoms with van der Waals surface area (Å²) in [6.45, 7) is 0. The van der Waals surface area contributed by atoms with Gasteiger partial charge in [0.25, 0.3) is 0 Å². The number of aromatic nitrogens is 14. The third-order valence-corrected chi connectivity index (χ3v) is 30.3. The number of benzene rings is 1. The van der Waals surface area contributed by atoms with Gasteiger partial charge in [-0.2, -0.15) is 26.3 Å². The van der Waals surface area contributed by atoms with Crippen molar-refractivity contribution in [2.24, 2.45) is 41.4 Å². The lowest BCUT2D eigenvalue weighted by Gasteiger charge is -2.28. The Morgan fingerprint density at radius 1 is 0.341 bits per heavy atom. The van der Waals surface area contributed by atoms with E-state index in [4.69, 9.17) is 16.3 Å². The summed E-state index contributed by atoms with van der Waals surface area (Å²) in [5, 5.41) is 74.7. The maximum Gasteiger partial charge on any atom is 0.418 e. The van der Waals surface area contributed by atoms with Gasteiger partial charge in [-0.25, -0.2) is 34.9 Å². The Kier molecular flexibility index (Phi) is 31.5. The minimum Gasteiger partial charge on any atom is -0.495 e. The molecule has 30 heteroatoms. The van der Waals surface area contributed by atoms with Crippen LogP contribution in [0.3, 0.4) is 0 Å². The van der Waals surface area contributed by atoms with Crippen molar-refractivity contribution in [2.45, 2.75) is 266 Å². The van der Waals surface area contributed by atoms with Crippen molar-refractivity contribution in [3.8, 4) is 16.9 Å². The fourth-order valence-electron chi connectivity index (χ4n) is 21.2. The van der Waals surface area contributed by atoms with Gasteiger partial charge in [-0.15, -0.1) is 0 Å². The van der Waals surface area contributed by atoms with Gasteiger partial charge in [-0.05, 0) is 257 Å². The number of alkyl halides is 6. The number of aliphatic hydroxyl groups is 7. The summed E-state index contributed by atoms with van der Waals surface area (Å²) in [5.41, 5.74) is 12.8. The first kappa shape index (κ1) is 96.8. The first-order valence-corrected chi connectivity index (χ1v) is 49.9. The van der Waals surface area contributed by atoms with Gasteiger partial charge in [0.2, 0.25) is 0 Å². The van der Waals surface area contributed by atoms with E-state index in [0.717, 1.165) is 197 Å². The lowest BCUT2D eigenvalue weighted by atomic mass is 9.82. The van der Waals surface area contributed by atoms with Crippen molar-refractivity contribution in [2.75, 3.05) is 7.11 Å². The largest absolute Gasteiger partial charge is 0.495 e. The number of pyridine rings is 7. The molecule has 8 aliphatic rings. The predicted molar refractivity (Wildman–Crippen MR) is 516 cm³/mol. The molecule has 14 aromatic heterocycles. The van der Waals surface area contributed by atoms with Crippen LogP contribution in [0.5, 0.6) is 5.75 Å². The minimum absolute atomic E-state index is 0.0703. The van der Waals surface area contributed by atoms with Crippen molar-refractivity contribution < 1.29 is 66.8 Å². The molecular formula is C105H122ClF6IN14O8. The van der Waals surface area contributed by atoms with Gasteiger partial charge in [0.05, 0.1) is 226 Å².